The highest BCUT2D eigenvalue weighted by atomic mass is 32.1. The lowest BCUT2D eigenvalue weighted by atomic mass is 9.79. The first-order valence-corrected chi connectivity index (χ1v) is 7.82. The van der Waals surface area contributed by atoms with Gasteiger partial charge in [0.15, 0.2) is 0 Å². The van der Waals surface area contributed by atoms with Crippen molar-refractivity contribution in [3.63, 3.8) is 0 Å². The summed E-state index contributed by atoms with van der Waals surface area (Å²) in [5, 5.41) is 10.5. The van der Waals surface area contributed by atoms with Gasteiger partial charge in [0.25, 0.3) is 0 Å². The van der Waals surface area contributed by atoms with Gasteiger partial charge in [0.05, 0.1) is 11.7 Å². The monoisotopic (exact) mass is 268 g/mol. The molecule has 1 aliphatic carbocycles. The SMILES string of the molecule is CCc1ccc(CC(O)C2(OC)CCCCC2)s1. The minimum atomic E-state index is -0.369. The molecule has 1 saturated carbocycles. The average Bonchev–Trinajstić information content (AvgIpc) is 2.87. The van der Waals surface area contributed by atoms with Gasteiger partial charge in [0, 0.05) is 23.3 Å². The Labute approximate surface area is 114 Å². The van der Waals surface area contributed by atoms with Crippen LogP contribution in [-0.4, -0.2) is 23.9 Å². The van der Waals surface area contributed by atoms with Crippen LogP contribution >= 0.6 is 11.3 Å². The van der Waals surface area contributed by atoms with E-state index in [0.29, 0.717) is 0 Å². The maximum Gasteiger partial charge on any atom is 0.0939 e. The maximum absolute atomic E-state index is 10.5. The van der Waals surface area contributed by atoms with E-state index in [4.69, 9.17) is 4.74 Å². The molecule has 0 saturated heterocycles. The minimum Gasteiger partial charge on any atom is -0.390 e. The quantitative estimate of drug-likeness (QED) is 0.884. The first-order valence-electron chi connectivity index (χ1n) is 7.01. The number of methoxy groups -OCH3 is 1. The van der Waals surface area contributed by atoms with Crippen LogP contribution in [0.2, 0.25) is 0 Å². The lowest BCUT2D eigenvalue weighted by Gasteiger charge is -2.39. The molecule has 1 aliphatic rings. The molecule has 1 aromatic rings. The molecule has 18 heavy (non-hydrogen) atoms. The molecular formula is C15H24O2S. The second-order valence-corrected chi connectivity index (χ2v) is 6.52. The van der Waals surface area contributed by atoms with Crippen molar-refractivity contribution in [2.24, 2.45) is 0 Å². The molecule has 0 aromatic carbocycles. The Balaban J connectivity index is 2.02. The van der Waals surface area contributed by atoms with Crippen molar-refractivity contribution in [1.82, 2.24) is 0 Å². The van der Waals surface area contributed by atoms with Crippen molar-refractivity contribution in [2.45, 2.75) is 63.6 Å². The van der Waals surface area contributed by atoms with E-state index in [0.717, 1.165) is 25.7 Å². The van der Waals surface area contributed by atoms with Crippen LogP contribution in [0, 0.1) is 0 Å². The largest absolute Gasteiger partial charge is 0.390 e. The van der Waals surface area contributed by atoms with Crippen LogP contribution < -0.4 is 0 Å². The molecule has 0 amide bonds. The highest BCUT2D eigenvalue weighted by Crippen LogP contribution is 2.36. The Morgan fingerprint density at radius 2 is 1.94 bits per heavy atom. The lowest BCUT2D eigenvalue weighted by molar-refractivity contribution is -0.122. The van der Waals surface area contributed by atoms with E-state index in [1.807, 2.05) is 11.3 Å². The molecule has 102 valence electrons. The summed E-state index contributed by atoms with van der Waals surface area (Å²) in [5.41, 5.74) is -0.297. The summed E-state index contributed by atoms with van der Waals surface area (Å²) >= 11 is 1.82. The molecule has 1 fully saturated rings. The minimum absolute atomic E-state index is 0.297. The van der Waals surface area contributed by atoms with Crippen LogP contribution in [0.5, 0.6) is 0 Å². The summed E-state index contributed by atoms with van der Waals surface area (Å²) in [6, 6.07) is 4.33. The molecule has 2 rings (SSSR count). The highest BCUT2D eigenvalue weighted by Gasteiger charge is 2.39. The number of aliphatic hydroxyl groups excluding tert-OH is 1. The number of aliphatic hydroxyl groups is 1. The molecule has 0 spiro atoms. The highest BCUT2D eigenvalue weighted by molar-refractivity contribution is 7.11. The first-order chi connectivity index (χ1) is 8.70. The second-order valence-electron chi connectivity index (χ2n) is 5.27. The Bertz CT molecular complexity index is 366. The van der Waals surface area contributed by atoms with E-state index < -0.39 is 0 Å². The third kappa shape index (κ3) is 2.95. The summed E-state index contributed by atoms with van der Waals surface area (Å²) in [6.07, 6.45) is 7.07. The van der Waals surface area contributed by atoms with Crippen LogP contribution in [0.25, 0.3) is 0 Å². The van der Waals surface area contributed by atoms with Gasteiger partial charge in [-0.25, -0.2) is 0 Å². The van der Waals surface area contributed by atoms with Crippen LogP contribution in [0.3, 0.4) is 0 Å². The van der Waals surface area contributed by atoms with Crippen molar-refractivity contribution in [2.75, 3.05) is 7.11 Å². The van der Waals surface area contributed by atoms with E-state index >= 15 is 0 Å². The Morgan fingerprint density at radius 1 is 1.28 bits per heavy atom. The topological polar surface area (TPSA) is 29.5 Å². The maximum atomic E-state index is 10.5. The molecule has 1 atom stereocenters. The molecule has 1 heterocycles. The smallest absolute Gasteiger partial charge is 0.0939 e. The third-order valence-electron chi connectivity index (χ3n) is 4.17. The molecule has 3 heteroatoms. The zero-order valence-electron chi connectivity index (χ0n) is 11.4. The fraction of sp³-hybridized carbons (Fsp3) is 0.733. The summed E-state index contributed by atoms with van der Waals surface area (Å²) in [6.45, 7) is 2.17. The summed E-state index contributed by atoms with van der Waals surface area (Å²) in [4.78, 5) is 2.67. The standard InChI is InChI=1S/C15H24O2S/c1-3-12-7-8-13(18-12)11-14(16)15(17-2)9-5-4-6-10-15/h7-8,14,16H,3-6,9-11H2,1-2H3. The van der Waals surface area contributed by atoms with Gasteiger partial charge >= 0.3 is 0 Å². The van der Waals surface area contributed by atoms with Crippen molar-refractivity contribution in [3.8, 4) is 0 Å². The van der Waals surface area contributed by atoms with E-state index in [9.17, 15) is 5.11 Å². The fourth-order valence-electron chi connectivity index (χ4n) is 2.92. The summed E-state index contributed by atoms with van der Waals surface area (Å²) < 4.78 is 5.70. The number of thiophene rings is 1. The van der Waals surface area contributed by atoms with Crippen LogP contribution in [0.1, 0.15) is 48.8 Å². The van der Waals surface area contributed by atoms with Gasteiger partial charge in [-0.1, -0.05) is 26.2 Å². The van der Waals surface area contributed by atoms with Crippen LogP contribution in [0.15, 0.2) is 12.1 Å². The first kappa shape index (κ1) is 14.0. The number of aryl methyl sites for hydroxylation is 1. The molecule has 1 unspecified atom stereocenters. The van der Waals surface area contributed by atoms with E-state index in [2.05, 4.69) is 19.1 Å². The van der Waals surface area contributed by atoms with Gasteiger partial charge in [-0.3, -0.25) is 0 Å². The summed E-state index contributed by atoms with van der Waals surface area (Å²) in [5.74, 6) is 0. The second kappa shape index (κ2) is 6.18. The number of rotatable bonds is 5. The zero-order valence-corrected chi connectivity index (χ0v) is 12.3. The van der Waals surface area contributed by atoms with E-state index in [1.54, 1.807) is 7.11 Å². The molecule has 1 aromatic heterocycles. The predicted molar refractivity (Wildman–Crippen MR) is 76.2 cm³/mol. The Kier molecular flexibility index (Phi) is 4.82. The zero-order chi connectivity index (χ0) is 13.0. The Hall–Kier alpha value is -0.380. The van der Waals surface area contributed by atoms with Crippen molar-refractivity contribution < 1.29 is 9.84 Å². The van der Waals surface area contributed by atoms with Crippen LogP contribution in [-0.2, 0) is 17.6 Å². The number of ether oxygens (including phenoxy) is 1. The number of hydrogen-bond donors (Lipinski definition) is 1. The van der Waals surface area contributed by atoms with E-state index in [-0.39, 0.29) is 11.7 Å². The molecule has 0 aliphatic heterocycles. The van der Waals surface area contributed by atoms with Gasteiger partial charge in [-0.05, 0) is 31.4 Å². The molecule has 0 radical (unpaired) electrons. The van der Waals surface area contributed by atoms with Gasteiger partial charge in [-0.15, -0.1) is 11.3 Å². The summed E-state index contributed by atoms with van der Waals surface area (Å²) in [7, 11) is 1.75. The lowest BCUT2D eigenvalue weighted by Crippen LogP contribution is -2.46. The van der Waals surface area contributed by atoms with Crippen LogP contribution in [0.4, 0.5) is 0 Å². The molecular weight excluding hydrogens is 244 g/mol. The number of hydrogen-bond acceptors (Lipinski definition) is 3. The van der Waals surface area contributed by atoms with Crippen molar-refractivity contribution in [1.29, 1.82) is 0 Å². The van der Waals surface area contributed by atoms with Gasteiger partial charge in [0.1, 0.15) is 0 Å². The molecule has 2 nitrogen and oxygen atoms in total. The van der Waals surface area contributed by atoms with Gasteiger partial charge in [0.2, 0.25) is 0 Å². The molecule has 1 N–H and O–H groups in total. The average molecular weight is 268 g/mol. The van der Waals surface area contributed by atoms with Gasteiger partial charge in [-0.2, -0.15) is 0 Å². The Morgan fingerprint density at radius 3 is 2.50 bits per heavy atom. The van der Waals surface area contributed by atoms with Gasteiger partial charge < -0.3 is 9.84 Å². The fourth-order valence-corrected chi connectivity index (χ4v) is 3.92. The van der Waals surface area contributed by atoms with E-state index in [1.165, 1.54) is 29.0 Å². The molecule has 0 bridgehead atoms. The third-order valence-corrected chi connectivity index (χ3v) is 5.43. The predicted octanol–water partition coefficient (Wildman–Crippen LogP) is 3.56. The van der Waals surface area contributed by atoms with Crippen molar-refractivity contribution in [3.05, 3.63) is 21.9 Å². The normalized spacial score (nSPS) is 20.8. The van der Waals surface area contributed by atoms with Crippen molar-refractivity contribution >= 4 is 11.3 Å².